The molecule has 2 aliphatic carbocycles. The predicted octanol–water partition coefficient (Wildman–Crippen LogP) is 3.14. The molecule has 1 aromatic carbocycles. The Kier molecular flexibility index (Phi) is 4.05. The van der Waals surface area contributed by atoms with Gasteiger partial charge in [0.05, 0.1) is 11.0 Å². The van der Waals surface area contributed by atoms with Crippen LogP contribution in [0.25, 0.3) is 11.0 Å². The van der Waals surface area contributed by atoms with E-state index in [9.17, 15) is 9.59 Å². The molecule has 1 aromatic heterocycles. The number of hydrazone groups is 1. The van der Waals surface area contributed by atoms with Gasteiger partial charge >= 0.3 is 5.69 Å². The highest BCUT2D eigenvalue weighted by molar-refractivity contribution is 5.95. The molecule has 2 aromatic rings. The molecule has 1 N–H and O–H groups in total. The SMILES string of the molecule is CCn1c(=O)n(CC(=O)NN=C2CC3CCC2(C)C3(C)C)c2ccccc21. The number of imidazole rings is 1. The van der Waals surface area contributed by atoms with Gasteiger partial charge in [0.15, 0.2) is 0 Å². The van der Waals surface area contributed by atoms with Crippen molar-refractivity contribution in [3.05, 3.63) is 34.7 Å². The predicted molar refractivity (Wildman–Crippen MR) is 107 cm³/mol. The summed E-state index contributed by atoms with van der Waals surface area (Å²) in [4.78, 5) is 25.2. The van der Waals surface area contributed by atoms with Gasteiger partial charge in [-0.05, 0) is 49.7 Å². The molecule has 0 aliphatic heterocycles. The smallest absolute Gasteiger partial charge is 0.292 e. The van der Waals surface area contributed by atoms with Crippen LogP contribution in [0.3, 0.4) is 0 Å². The summed E-state index contributed by atoms with van der Waals surface area (Å²) >= 11 is 0. The Labute approximate surface area is 159 Å². The molecule has 1 amide bonds. The van der Waals surface area contributed by atoms with Crippen LogP contribution in [-0.4, -0.2) is 20.8 Å². The van der Waals surface area contributed by atoms with Gasteiger partial charge < -0.3 is 0 Å². The molecule has 2 atom stereocenters. The van der Waals surface area contributed by atoms with Gasteiger partial charge in [-0.15, -0.1) is 0 Å². The number of hydrogen-bond acceptors (Lipinski definition) is 3. The van der Waals surface area contributed by atoms with E-state index in [1.807, 2.05) is 31.2 Å². The Morgan fingerprint density at radius 1 is 1.22 bits per heavy atom. The lowest BCUT2D eigenvalue weighted by Gasteiger charge is -2.34. The number of benzene rings is 1. The van der Waals surface area contributed by atoms with Crippen molar-refractivity contribution < 1.29 is 4.79 Å². The van der Waals surface area contributed by atoms with Gasteiger partial charge in [0.25, 0.3) is 5.91 Å². The lowest BCUT2D eigenvalue weighted by molar-refractivity contribution is -0.121. The molecule has 2 unspecified atom stereocenters. The molecule has 27 heavy (non-hydrogen) atoms. The van der Waals surface area contributed by atoms with Crippen LogP contribution < -0.4 is 11.1 Å². The Bertz CT molecular complexity index is 997. The zero-order valence-electron chi connectivity index (χ0n) is 16.6. The number of fused-ring (bicyclic) bond motifs is 3. The normalized spacial score (nSPS) is 27.6. The summed E-state index contributed by atoms with van der Waals surface area (Å²) in [6, 6.07) is 7.57. The van der Waals surface area contributed by atoms with Crippen molar-refractivity contribution in [2.75, 3.05) is 0 Å². The van der Waals surface area contributed by atoms with Gasteiger partial charge in [-0.2, -0.15) is 5.10 Å². The van der Waals surface area contributed by atoms with Crippen molar-refractivity contribution in [3.8, 4) is 0 Å². The molecular weight excluding hydrogens is 340 g/mol. The topological polar surface area (TPSA) is 68.4 Å². The molecule has 6 heteroatoms. The maximum atomic E-state index is 12.7. The van der Waals surface area contributed by atoms with Gasteiger partial charge in [-0.3, -0.25) is 13.9 Å². The lowest BCUT2D eigenvalue weighted by Crippen LogP contribution is -2.35. The van der Waals surface area contributed by atoms with E-state index in [2.05, 4.69) is 31.3 Å². The number of nitrogens with one attached hydrogen (secondary N) is 1. The van der Waals surface area contributed by atoms with Crippen LogP contribution in [-0.2, 0) is 17.9 Å². The summed E-state index contributed by atoms with van der Waals surface area (Å²) < 4.78 is 3.22. The van der Waals surface area contributed by atoms with Crippen LogP contribution in [0.5, 0.6) is 0 Å². The van der Waals surface area contributed by atoms with Gasteiger partial charge in [-0.25, -0.2) is 10.2 Å². The van der Waals surface area contributed by atoms with Crippen molar-refractivity contribution in [1.82, 2.24) is 14.6 Å². The first-order valence-corrected chi connectivity index (χ1v) is 9.83. The third-order valence-electron chi connectivity index (χ3n) is 7.37. The molecule has 2 bridgehead atoms. The summed E-state index contributed by atoms with van der Waals surface area (Å²) in [7, 11) is 0. The summed E-state index contributed by atoms with van der Waals surface area (Å²) in [5, 5.41) is 4.50. The summed E-state index contributed by atoms with van der Waals surface area (Å²) in [5.41, 5.74) is 5.57. The first-order valence-electron chi connectivity index (χ1n) is 9.83. The average molecular weight is 368 g/mol. The van der Waals surface area contributed by atoms with Crippen molar-refractivity contribution in [2.45, 2.75) is 60.0 Å². The van der Waals surface area contributed by atoms with E-state index in [0.29, 0.717) is 12.5 Å². The molecule has 1 heterocycles. The fourth-order valence-corrected chi connectivity index (χ4v) is 5.14. The van der Waals surface area contributed by atoms with Crippen molar-refractivity contribution in [2.24, 2.45) is 21.8 Å². The molecule has 0 saturated heterocycles. The third kappa shape index (κ3) is 2.49. The van der Waals surface area contributed by atoms with Gasteiger partial charge in [0.2, 0.25) is 0 Å². The summed E-state index contributed by atoms with van der Waals surface area (Å²) in [6.45, 7) is 9.38. The van der Waals surface area contributed by atoms with Gasteiger partial charge in [-0.1, -0.05) is 32.9 Å². The van der Waals surface area contributed by atoms with E-state index in [1.54, 1.807) is 4.57 Å². The van der Waals surface area contributed by atoms with Crippen LogP contribution in [0, 0.1) is 16.7 Å². The minimum Gasteiger partial charge on any atom is -0.292 e. The molecule has 4 rings (SSSR count). The maximum Gasteiger partial charge on any atom is 0.329 e. The molecule has 2 aliphatic rings. The first kappa shape index (κ1) is 18.0. The average Bonchev–Trinajstić information content (AvgIpc) is 3.11. The largest absolute Gasteiger partial charge is 0.329 e. The maximum absolute atomic E-state index is 12.7. The highest BCUT2D eigenvalue weighted by atomic mass is 16.2. The molecule has 2 saturated carbocycles. The quantitative estimate of drug-likeness (QED) is 0.843. The van der Waals surface area contributed by atoms with E-state index >= 15 is 0 Å². The molecule has 0 radical (unpaired) electrons. The fraction of sp³-hybridized carbons (Fsp3) is 0.571. The minimum atomic E-state index is -0.257. The number of para-hydroxylation sites is 2. The van der Waals surface area contributed by atoms with Crippen molar-refractivity contribution in [1.29, 1.82) is 0 Å². The molecule has 6 nitrogen and oxygen atoms in total. The minimum absolute atomic E-state index is 0.0212. The zero-order chi connectivity index (χ0) is 19.4. The Hall–Kier alpha value is -2.37. The fourth-order valence-electron chi connectivity index (χ4n) is 5.14. The molecule has 144 valence electrons. The van der Waals surface area contributed by atoms with Crippen LogP contribution in [0.1, 0.15) is 47.0 Å². The van der Waals surface area contributed by atoms with E-state index in [0.717, 1.165) is 29.6 Å². The van der Waals surface area contributed by atoms with Crippen molar-refractivity contribution >= 4 is 22.7 Å². The Balaban J connectivity index is 1.56. The number of nitrogens with zero attached hydrogens (tertiary/aromatic N) is 3. The number of carbonyl (C=O) groups excluding carboxylic acids is 1. The highest BCUT2D eigenvalue weighted by Crippen LogP contribution is 2.63. The van der Waals surface area contributed by atoms with Crippen LogP contribution in [0.4, 0.5) is 0 Å². The standard InChI is InChI=1S/C21H28N4O2/c1-5-24-15-8-6-7-9-16(15)25(19(24)27)13-18(26)23-22-17-12-14-10-11-21(17,4)20(14,2)3/h6-9,14H,5,10-13H2,1-4H3,(H,23,26). The molecular formula is C21H28N4O2. The van der Waals surface area contributed by atoms with E-state index in [4.69, 9.17) is 0 Å². The number of amides is 1. The van der Waals surface area contributed by atoms with E-state index < -0.39 is 0 Å². The number of aryl methyl sites for hydroxylation is 1. The number of hydrogen-bond donors (Lipinski definition) is 1. The highest BCUT2D eigenvalue weighted by Gasteiger charge is 2.60. The van der Waals surface area contributed by atoms with Crippen molar-refractivity contribution in [3.63, 3.8) is 0 Å². The van der Waals surface area contributed by atoms with Crippen LogP contribution in [0.2, 0.25) is 0 Å². The summed E-state index contributed by atoms with van der Waals surface area (Å²) in [5.74, 6) is 0.385. The molecule has 0 spiro atoms. The number of carbonyl (C=O) groups is 1. The second-order valence-corrected chi connectivity index (χ2v) is 8.69. The number of aromatic nitrogens is 2. The van der Waals surface area contributed by atoms with Gasteiger partial charge in [0, 0.05) is 17.7 Å². The number of rotatable bonds is 4. The van der Waals surface area contributed by atoms with Crippen LogP contribution in [0.15, 0.2) is 34.2 Å². The summed E-state index contributed by atoms with van der Waals surface area (Å²) in [6.07, 6.45) is 3.32. The lowest BCUT2D eigenvalue weighted by atomic mass is 9.70. The van der Waals surface area contributed by atoms with Crippen LogP contribution >= 0.6 is 0 Å². The van der Waals surface area contributed by atoms with E-state index in [-0.39, 0.29) is 29.0 Å². The van der Waals surface area contributed by atoms with E-state index in [1.165, 1.54) is 11.0 Å². The third-order valence-corrected chi connectivity index (χ3v) is 7.37. The first-order chi connectivity index (χ1) is 12.8. The monoisotopic (exact) mass is 368 g/mol. The molecule has 2 fully saturated rings. The Morgan fingerprint density at radius 3 is 2.44 bits per heavy atom. The van der Waals surface area contributed by atoms with Gasteiger partial charge in [0.1, 0.15) is 6.54 Å². The second-order valence-electron chi connectivity index (χ2n) is 8.69. The Morgan fingerprint density at radius 2 is 1.89 bits per heavy atom. The zero-order valence-corrected chi connectivity index (χ0v) is 16.6. The second kappa shape index (κ2) is 6.08.